The zero-order chi connectivity index (χ0) is 16.2. The second-order valence-electron chi connectivity index (χ2n) is 4.86. The van der Waals surface area contributed by atoms with Gasteiger partial charge in [0, 0.05) is 15.4 Å². The van der Waals surface area contributed by atoms with Crippen LogP contribution in [0.4, 0.5) is 5.82 Å². The van der Waals surface area contributed by atoms with Crippen LogP contribution in [0, 0.1) is 11.3 Å². The number of aromatic nitrogens is 3. The Hall–Kier alpha value is -2.30. The standard InChI is InChI=1S/C16H12BrN5S/c1-10(19-15-7-6-13(8-18)21-22-15)16-20-14(9-23-16)11-2-4-12(17)5-3-11/h2-7,9-10H,1H3,(H,19,22). The van der Waals surface area contributed by atoms with Gasteiger partial charge in [-0.15, -0.1) is 21.5 Å². The molecule has 1 unspecified atom stereocenters. The van der Waals surface area contributed by atoms with E-state index in [4.69, 9.17) is 5.26 Å². The average Bonchev–Trinajstić information content (AvgIpc) is 3.06. The lowest BCUT2D eigenvalue weighted by Gasteiger charge is -2.10. The second-order valence-corrected chi connectivity index (χ2v) is 6.66. The van der Waals surface area contributed by atoms with Crippen LogP contribution in [-0.4, -0.2) is 15.2 Å². The number of halogens is 1. The van der Waals surface area contributed by atoms with E-state index in [2.05, 4.69) is 36.4 Å². The average molecular weight is 386 g/mol. The lowest BCUT2D eigenvalue weighted by atomic mass is 10.2. The first-order valence-corrected chi connectivity index (χ1v) is 8.54. The van der Waals surface area contributed by atoms with Crippen molar-refractivity contribution in [3.8, 4) is 17.3 Å². The van der Waals surface area contributed by atoms with Crippen LogP contribution in [0.2, 0.25) is 0 Å². The van der Waals surface area contributed by atoms with E-state index in [-0.39, 0.29) is 6.04 Å². The van der Waals surface area contributed by atoms with Crippen LogP contribution < -0.4 is 5.32 Å². The number of hydrogen-bond donors (Lipinski definition) is 1. The molecule has 2 heterocycles. The normalized spacial score (nSPS) is 11.7. The van der Waals surface area contributed by atoms with Crippen LogP contribution in [0.1, 0.15) is 23.7 Å². The summed E-state index contributed by atoms with van der Waals surface area (Å²) in [5.41, 5.74) is 2.34. The van der Waals surface area contributed by atoms with Crippen molar-refractivity contribution in [1.82, 2.24) is 15.2 Å². The predicted molar refractivity (Wildman–Crippen MR) is 94.0 cm³/mol. The van der Waals surface area contributed by atoms with Crippen LogP contribution in [0.5, 0.6) is 0 Å². The van der Waals surface area contributed by atoms with E-state index >= 15 is 0 Å². The molecule has 114 valence electrons. The Balaban J connectivity index is 1.74. The molecule has 23 heavy (non-hydrogen) atoms. The second kappa shape index (κ2) is 6.86. The third-order valence-corrected chi connectivity index (χ3v) is 4.73. The van der Waals surface area contributed by atoms with Crippen molar-refractivity contribution < 1.29 is 0 Å². The molecule has 0 spiro atoms. The van der Waals surface area contributed by atoms with Crippen LogP contribution in [0.3, 0.4) is 0 Å². The Labute approximate surface area is 146 Å². The number of nitriles is 1. The molecule has 0 aliphatic rings. The van der Waals surface area contributed by atoms with Crippen LogP contribution >= 0.6 is 27.3 Å². The van der Waals surface area contributed by atoms with E-state index in [1.807, 2.05) is 42.6 Å². The largest absolute Gasteiger partial charge is 0.360 e. The zero-order valence-electron chi connectivity index (χ0n) is 12.2. The minimum absolute atomic E-state index is 0.00596. The van der Waals surface area contributed by atoms with Gasteiger partial charge in [0.15, 0.2) is 5.69 Å². The smallest absolute Gasteiger partial charge is 0.163 e. The van der Waals surface area contributed by atoms with Gasteiger partial charge in [0.05, 0.1) is 11.7 Å². The molecule has 0 radical (unpaired) electrons. The summed E-state index contributed by atoms with van der Waals surface area (Å²) < 4.78 is 1.05. The topological polar surface area (TPSA) is 74.5 Å². The van der Waals surface area contributed by atoms with Crippen molar-refractivity contribution in [2.24, 2.45) is 0 Å². The maximum absolute atomic E-state index is 8.73. The molecule has 1 atom stereocenters. The molecule has 7 heteroatoms. The van der Waals surface area contributed by atoms with E-state index < -0.39 is 0 Å². The monoisotopic (exact) mass is 385 g/mol. The first kappa shape index (κ1) is 15.6. The van der Waals surface area contributed by atoms with Gasteiger partial charge in [0.1, 0.15) is 16.9 Å². The van der Waals surface area contributed by atoms with Crippen LogP contribution in [0.15, 0.2) is 46.3 Å². The molecule has 0 bridgehead atoms. The molecule has 0 fully saturated rings. The molecule has 0 amide bonds. The highest BCUT2D eigenvalue weighted by Gasteiger charge is 2.12. The van der Waals surface area contributed by atoms with E-state index in [1.54, 1.807) is 23.5 Å². The van der Waals surface area contributed by atoms with E-state index in [0.29, 0.717) is 11.5 Å². The van der Waals surface area contributed by atoms with Gasteiger partial charge in [-0.1, -0.05) is 28.1 Å². The molecular formula is C16H12BrN5S. The third-order valence-electron chi connectivity index (χ3n) is 3.18. The van der Waals surface area contributed by atoms with Crippen LogP contribution in [-0.2, 0) is 0 Å². The number of nitrogens with zero attached hydrogens (tertiary/aromatic N) is 4. The molecule has 0 aliphatic carbocycles. The number of benzene rings is 1. The van der Waals surface area contributed by atoms with Gasteiger partial charge < -0.3 is 5.32 Å². The van der Waals surface area contributed by atoms with Gasteiger partial charge in [-0.3, -0.25) is 0 Å². The van der Waals surface area contributed by atoms with Gasteiger partial charge >= 0.3 is 0 Å². The Morgan fingerprint density at radius 1 is 1.17 bits per heavy atom. The fourth-order valence-electron chi connectivity index (χ4n) is 1.99. The zero-order valence-corrected chi connectivity index (χ0v) is 14.6. The molecule has 1 N–H and O–H groups in total. The number of anilines is 1. The molecular weight excluding hydrogens is 374 g/mol. The SMILES string of the molecule is CC(Nc1ccc(C#N)nn1)c1nc(-c2ccc(Br)cc2)cs1. The summed E-state index contributed by atoms with van der Waals surface area (Å²) >= 11 is 5.03. The van der Waals surface area contributed by atoms with Crippen molar-refractivity contribution in [3.05, 3.63) is 57.0 Å². The highest BCUT2D eigenvalue weighted by atomic mass is 79.9. The molecule has 1 aromatic carbocycles. The maximum Gasteiger partial charge on any atom is 0.163 e. The highest BCUT2D eigenvalue weighted by molar-refractivity contribution is 9.10. The van der Waals surface area contributed by atoms with Crippen molar-refractivity contribution in [2.75, 3.05) is 5.32 Å². The van der Waals surface area contributed by atoms with Crippen molar-refractivity contribution >= 4 is 33.1 Å². The molecule has 0 saturated heterocycles. The molecule has 0 aliphatic heterocycles. The summed E-state index contributed by atoms with van der Waals surface area (Å²) in [7, 11) is 0. The Morgan fingerprint density at radius 2 is 1.96 bits per heavy atom. The first-order valence-electron chi connectivity index (χ1n) is 6.87. The van der Waals surface area contributed by atoms with Gasteiger partial charge in [0.25, 0.3) is 0 Å². The Kier molecular flexibility index (Phi) is 4.65. The minimum atomic E-state index is 0.00596. The number of hydrogen-bond acceptors (Lipinski definition) is 6. The van der Waals surface area contributed by atoms with Gasteiger partial charge in [0.2, 0.25) is 0 Å². The molecule has 0 saturated carbocycles. The summed E-state index contributed by atoms with van der Waals surface area (Å²) in [6, 6.07) is 13.4. The first-order chi connectivity index (χ1) is 11.2. The highest BCUT2D eigenvalue weighted by Crippen LogP contribution is 2.27. The lowest BCUT2D eigenvalue weighted by molar-refractivity contribution is 0.848. The number of rotatable bonds is 4. The molecule has 3 rings (SSSR count). The summed E-state index contributed by atoms with van der Waals surface area (Å²) in [5, 5.41) is 22.8. The predicted octanol–water partition coefficient (Wildman–Crippen LogP) is 4.41. The number of nitrogens with one attached hydrogen (secondary N) is 1. The summed E-state index contributed by atoms with van der Waals surface area (Å²) in [4.78, 5) is 4.68. The minimum Gasteiger partial charge on any atom is -0.360 e. The lowest BCUT2D eigenvalue weighted by Crippen LogP contribution is -2.08. The van der Waals surface area contributed by atoms with E-state index in [9.17, 15) is 0 Å². The van der Waals surface area contributed by atoms with Crippen molar-refractivity contribution in [3.63, 3.8) is 0 Å². The summed E-state index contributed by atoms with van der Waals surface area (Å²) in [6.07, 6.45) is 0. The Bertz CT molecular complexity index is 836. The van der Waals surface area contributed by atoms with Crippen LogP contribution in [0.25, 0.3) is 11.3 Å². The van der Waals surface area contributed by atoms with Crippen molar-refractivity contribution in [2.45, 2.75) is 13.0 Å². The fourth-order valence-corrected chi connectivity index (χ4v) is 3.09. The van der Waals surface area contributed by atoms with E-state index in [1.165, 1.54) is 0 Å². The van der Waals surface area contributed by atoms with Gasteiger partial charge in [-0.25, -0.2) is 4.98 Å². The van der Waals surface area contributed by atoms with Gasteiger partial charge in [-0.2, -0.15) is 5.26 Å². The van der Waals surface area contributed by atoms with Crippen molar-refractivity contribution in [1.29, 1.82) is 5.26 Å². The molecule has 3 aromatic rings. The van der Waals surface area contributed by atoms with E-state index in [0.717, 1.165) is 20.7 Å². The molecule has 2 aromatic heterocycles. The number of thiazole rings is 1. The molecule has 5 nitrogen and oxygen atoms in total. The Morgan fingerprint density at radius 3 is 2.61 bits per heavy atom. The summed E-state index contributed by atoms with van der Waals surface area (Å²) in [5.74, 6) is 0.622. The maximum atomic E-state index is 8.73. The third kappa shape index (κ3) is 3.73. The summed E-state index contributed by atoms with van der Waals surface area (Å²) in [6.45, 7) is 2.02. The van der Waals surface area contributed by atoms with Gasteiger partial charge in [-0.05, 0) is 31.2 Å². The quantitative estimate of drug-likeness (QED) is 0.719. The fraction of sp³-hybridized carbons (Fsp3) is 0.125.